The van der Waals surface area contributed by atoms with Crippen LogP contribution in [0.4, 0.5) is 0 Å². The van der Waals surface area contributed by atoms with Gasteiger partial charge in [-0.1, -0.05) is 30.3 Å². The van der Waals surface area contributed by atoms with Gasteiger partial charge in [-0.3, -0.25) is 9.59 Å². The van der Waals surface area contributed by atoms with Gasteiger partial charge in [0.05, 0.1) is 0 Å². The first-order valence-corrected chi connectivity index (χ1v) is 11.4. The van der Waals surface area contributed by atoms with E-state index in [1.54, 1.807) is 0 Å². The summed E-state index contributed by atoms with van der Waals surface area (Å²) >= 11 is 0. The second-order valence-corrected chi connectivity index (χ2v) is 8.03. The van der Waals surface area contributed by atoms with Crippen molar-refractivity contribution in [1.82, 2.24) is 10.2 Å². The maximum Gasteiger partial charge on any atom is 0.286 e. The molecule has 2 amide bonds. The second kappa shape index (κ2) is 11.9. The lowest BCUT2D eigenvalue weighted by molar-refractivity contribution is -0.166. The van der Waals surface area contributed by atoms with E-state index in [0.717, 1.165) is 24.9 Å². The molecule has 7 heteroatoms. The molecular weight excluding hydrogens is 396 g/mol. The zero-order valence-electron chi connectivity index (χ0n) is 18.3. The highest BCUT2D eigenvalue weighted by Gasteiger charge is 2.37. The molecule has 0 radical (unpaired) electrons. The number of hydrogen-bond donors (Lipinski definition) is 2. The maximum atomic E-state index is 12.8. The number of benzene rings is 1. The van der Waals surface area contributed by atoms with Crippen LogP contribution in [0.3, 0.4) is 0 Å². The zero-order valence-corrected chi connectivity index (χ0v) is 18.3. The minimum atomic E-state index is -0.547. The van der Waals surface area contributed by atoms with Gasteiger partial charge in [0.25, 0.3) is 5.91 Å². The number of ether oxygens (including phenoxy) is 2. The smallest absolute Gasteiger partial charge is 0.286 e. The van der Waals surface area contributed by atoms with Gasteiger partial charge in [-0.2, -0.15) is 0 Å². The van der Waals surface area contributed by atoms with Gasteiger partial charge in [-0.05, 0) is 44.2 Å². The molecule has 7 nitrogen and oxygen atoms in total. The molecule has 2 aliphatic heterocycles. The first-order valence-electron chi connectivity index (χ1n) is 11.4. The second-order valence-electron chi connectivity index (χ2n) is 8.03. The third kappa shape index (κ3) is 6.31. The van der Waals surface area contributed by atoms with E-state index < -0.39 is 6.29 Å². The summed E-state index contributed by atoms with van der Waals surface area (Å²) in [5.74, 6) is 0.167. The van der Waals surface area contributed by atoms with Crippen LogP contribution < -0.4 is 5.32 Å². The number of aliphatic hydroxyl groups is 1. The molecule has 170 valence electrons. The van der Waals surface area contributed by atoms with Crippen LogP contribution in [-0.2, 0) is 19.1 Å². The van der Waals surface area contributed by atoms with Crippen LogP contribution in [0.2, 0.25) is 0 Å². The van der Waals surface area contributed by atoms with Crippen molar-refractivity contribution < 1.29 is 24.2 Å². The molecule has 0 aliphatic carbocycles. The lowest BCUT2D eigenvalue weighted by Gasteiger charge is -2.37. The number of carbonyl (C=O) groups is 2. The highest BCUT2D eigenvalue weighted by atomic mass is 16.7. The number of likely N-dealkylation sites (tertiary alicyclic amines) is 1. The number of carbonyl (C=O) groups excluding carboxylic acids is 2. The first kappa shape index (κ1) is 23.3. The molecular formula is C24H34N2O5. The molecule has 2 N–H and O–H groups in total. The Morgan fingerprint density at radius 3 is 2.77 bits per heavy atom. The van der Waals surface area contributed by atoms with E-state index in [4.69, 9.17) is 9.47 Å². The van der Waals surface area contributed by atoms with Crippen molar-refractivity contribution in [2.45, 2.75) is 51.2 Å². The molecule has 2 heterocycles. The van der Waals surface area contributed by atoms with Crippen molar-refractivity contribution in [2.75, 3.05) is 32.8 Å². The third-order valence-corrected chi connectivity index (χ3v) is 5.88. The predicted molar refractivity (Wildman–Crippen MR) is 117 cm³/mol. The Balaban J connectivity index is 1.67. The average molecular weight is 431 g/mol. The SMILES string of the molecule is CCO[C@@H]1OC(C(=O)NCCCN2CCCC2=O)=C[C@H](c2ccccc2)[C@@H]1CCCO. The van der Waals surface area contributed by atoms with Gasteiger partial charge < -0.3 is 24.8 Å². The van der Waals surface area contributed by atoms with Crippen molar-refractivity contribution in [2.24, 2.45) is 5.92 Å². The van der Waals surface area contributed by atoms with E-state index in [1.807, 2.05) is 48.2 Å². The van der Waals surface area contributed by atoms with E-state index in [2.05, 4.69) is 5.32 Å². The van der Waals surface area contributed by atoms with Crippen LogP contribution in [0.5, 0.6) is 0 Å². The lowest BCUT2D eigenvalue weighted by Crippen LogP contribution is -2.39. The number of nitrogens with one attached hydrogen (secondary N) is 1. The Kier molecular flexibility index (Phi) is 8.91. The predicted octanol–water partition coefficient (Wildman–Crippen LogP) is 2.56. The van der Waals surface area contributed by atoms with Gasteiger partial charge in [-0.15, -0.1) is 0 Å². The first-order chi connectivity index (χ1) is 15.1. The van der Waals surface area contributed by atoms with Crippen LogP contribution in [0.15, 0.2) is 42.2 Å². The van der Waals surface area contributed by atoms with Crippen molar-refractivity contribution in [1.29, 1.82) is 0 Å². The highest BCUT2D eigenvalue weighted by molar-refractivity contribution is 5.91. The Bertz CT molecular complexity index is 752. The fourth-order valence-electron chi connectivity index (χ4n) is 4.32. The molecule has 0 unspecified atom stereocenters. The molecule has 3 atom stereocenters. The number of hydrogen-bond acceptors (Lipinski definition) is 5. The summed E-state index contributed by atoms with van der Waals surface area (Å²) < 4.78 is 11.8. The van der Waals surface area contributed by atoms with Gasteiger partial charge in [0, 0.05) is 51.1 Å². The topological polar surface area (TPSA) is 88.1 Å². The zero-order chi connectivity index (χ0) is 22.1. The van der Waals surface area contributed by atoms with Crippen molar-refractivity contribution >= 4 is 11.8 Å². The highest BCUT2D eigenvalue weighted by Crippen LogP contribution is 2.39. The minimum absolute atomic E-state index is 0.00669. The molecule has 0 spiro atoms. The average Bonchev–Trinajstić information content (AvgIpc) is 3.20. The Morgan fingerprint density at radius 1 is 1.29 bits per heavy atom. The lowest BCUT2D eigenvalue weighted by atomic mass is 9.80. The maximum absolute atomic E-state index is 12.8. The summed E-state index contributed by atoms with van der Waals surface area (Å²) in [4.78, 5) is 26.4. The number of allylic oxidation sites excluding steroid dienone is 1. The number of amides is 2. The van der Waals surface area contributed by atoms with Crippen molar-refractivity contribution in [3.8, 4) is 0 Å². The summed E-state index contributed by atoms with van der Waals surface area (Å²) in [7, 11) is 0. The van der Waals surface area contributed by atoms with Crippen LogP contribution in [0, 0.1) is 5.92 Å². The quantitative estimate of drug-likeness (QED) is 0.527. The Labute approximate surface area is 184 Å². The summed E-state index contributed by atoms with van der Waals surface area (Å²) in [5.41, 5.74) is 1.09. The molecule has 1 aromatic rings. The van der Waals surface area contributed by atoms with Crippen LogP contribution in [0.1, 0.15) is 50.5 Å². The molecule has 0 aromatic heterocycles. The summed E-state index contributed by atoms with van der Waals surface area (Å²) in [6, 6.07) is 10.0. The fourth-order valence-corrected chi connectivity index (χ4v) is 4.32. The monoisotopic (exact) mass is 430 g/mol. The van der Waals surface area contributed by atoms with Crippen LogP contribution >= 0.6 is 0 Å². The van der Waals surface area contributed by atoms with E-state index in [9.17, 15) is 14.7 Å². The summed E-state index contributed by atoms with van der Waals surface area (Å²) in [6.07, 6.45) is 4.97. The van der Waals surface area contributed by atoms with Gasteiger partial charge in [0.1, 0.15) is 0 Å². The molecule has 3 rings (SSSR count). The fraction of sp³-hybridized carbons (Fsp3) is 0.583. The molecule has 0 saturated carbocycles. The largest absolute Gasteiger partial charge is 0.459 e. The van der Waals surface area contributed by atoms with Gasteiger partial charge in [-0.25, -0.2) is 0 Å². The van der Waals surface area contributed by atoms with E-state index in [-0.39, 0.29) is 36.0 Å². The molecule has 1 aromatic carbocycles. The number of rotatable bonds is 11. The standard InChI is InChI=1S/C24H34N2O5/c1-2-30-24-19(11-7-16-27)20(18-9-4-3-5-10-18)17-21(31-24)23(29)25-13-8-15-26-14-6-12-22(26)28/h3-5,9-10,17,19-20,24,27H,2,6-8,11-16H2,1H3,(H,25,29)/t19-,20+,24+/m0/s1. The van der Waals surface area contributed by atoms with E-state index in [0.29, 0.717) is 39.0 Å². The number of nitrogens with zero attached hydrogens (tertiary/aromatic N) is 1. The minimum Gasteiger partial charge on any atom is -0.459 e. The third-order valence-electron chi connectivity index (χ3n) is 5.88. The van der Waals surface area contributed by atoms with Crippen molar-refractivity contribution in [3.63, 3.8) is 0 Å². The molecule has 31 heavy (non-hydrogen) atoms. The molecule has 1 fully saturated rings. The normalized spacial score (nSPS) is 23.4. The number of aliphatic hydroxyl groups excluding tert-OH is 1. The summed E-state index contributed by atoms with van der Waals surface area (Å²) in [6.45, 7) is 4.43. The van der Waals surface area contributed by atoms with Gasteiger partial charge in [0.2, 0.25) is 12.2 Å². The van der Waals surface area contributed by atoms with Gasteiger partial charge in [0.15, 0.2) is 5.76 Å². The molecule has 2 aliphatic rings. The van der Waals surface area contributed by atoms with Crippen LogP contribution in [0.25, 0.3) is 0 Å². The van der Waals surface area contributed by atoms with Gasteiger partial charge >= 0.3 is 0 Å². The molecule has 1 saturated heterocycles. The van der Waals surface area contributed by atoms with Crippen molar-refractivity contribution in [3.05, 3.63) is 47.7 Å². The van der Waals surface area contributed by atoms with Crippen LogP contribution in [-0.4, -0.2) is 61.0 Å². The van der Waals surface area contributed by atoms with E-state index in [1.165, 1.54) is 0 Å². The Hall–Kier alpha value is -2.38. The Morgan fingerprint density at radius 2 is 2.10 bits per heavy atom. The molecule has 0 bridgehead atoms. The van der Waals surface area contributed by atoms with E-state index >= 15 is 0 Å². The summed E-state index contributed by atoms with van der Waals surface area (Å²) in [5, 5.41) is 12.3.